The molecule has 32 heavy (non-hydrogen) atoms. The average Bonchev–Trinajstić information content (AvgIpc) is 3.26. The van der Waals surface area contributed by atoms with E-state index < -0.39 is 10.0 Å². The molecule has 0 aliphatic heterocycles. The van der Waals surface area contributed by atoms with Crippen molar-refractivity contribution < 1.29 is 13.2 Å². The van der Waals surface area contributed by atoms with Crippen molar-refractivity contribution in [2.75, 3.05) is 10.0 Å². The van der Waals surface area contributed by atoms with Crippen molar-refractivity contribution in [2.45, 2.75) is 18.7 Å². The van der Waals surface area contributed by atoms with Crippen molar-refractivity contribution in [1.82, 2.24) is 10.2 Å². The Bertz CT molecular complexity index is 1350. The van der Waals surface area contributed by atoms with E-state index in [9.17, 15) is 13.2 Å². The fourth-order valence-electron chi connectivity index (χ4n) is 2.87. The van der Waals surface area contributed by atoms with Crippen LogP contribution in [0.1, 0.15) is 20.9 Å². The van der Waals surface area contributed by atoms with Crippen LogP contribution in [0, 0.1) is 13.8 Å². The fourth-order valence-corrected chi connectivity index (χ4v) is 4.67. The van der Waals surface area contributed by atoms with Crippen molar-refractivity contribution in [2.24, 2.45) is 0 Å². The third kappa shape index (κ3) is 5.01. The number of hydrogen-bond donors (Lipinski definition) is 2. The number of benzene rings is 3. The summed E-state index contributed by atoms with van der Waals surface area (Å²) in [5.41, 5.74) is 3.93. The summed E-state index contributed by atoms with van der Waals surface area (Å²) >= 11 is 1.16. The largest absolute Gasteiger partial charge is 0.320 e. The summed E-state index contributed by atoms with van der Waals surface area (Å²) in [5.74, 6) is -0.333. The van der Waals surface area contributed by atoms with Crippen LogP contribution < -0.4 is 10.0 Å². The molecule has 4 aromatic rings. The molecule has 0 radical (unpaired) electrons. The van der Waals surface area contributed by atoms with Crippen LogP contribution in [0.15, 0.2) is 77.7 Å². The van der Waals surface area contributed by atoms with Crippen molar-refractivity contribution in [3.8, 4) is 10.6 Å². The van der Waals surface area contributed by atoms with Gasteiger partial charge in [0, 0.05) is 16.9 Å². The van der Waals surface area contributed by atoms with Gasteiger partial charge in [0.15, 0.2) is 0 Å². The number of carbonyl (C=O) groups is 1. The van der Waals surface area contributed by atoms with Gasteiger partial charge in [-0.2, -0.15) is 0 Å². The van der Waals surface area contributed by atoms with Gasteiger partial charge >= 0.3 is 0 Å². The van der Waals surface area contributed by atoms with E-state index in [0.29, 0.717) is 16.4 Å². The SMILES string of the molecule is Cc1ccc(NC(=O)c2nnc(-c3ccc(NS(=O)(=O)c4ccc(C)cc4)cc3)s2)cc1. The predicted molar refractivity (Wildman–Crippen MR) is 126 cm³/mol. The van der Waals surface area contributed by atoms with E-state index in [1.54, 1.807) is 48.5 Å². The van der Waals surface area contributed by atoms with E-state index in [1.165, 1.54) is 0 Å². The zero-order valence-corrected chi connectivity index (χ0v) is 19.0. The summed E-state index contributed by atoms with van der Waals surface area (Å²) in [6.07, 6.45) is 0. The number of sulfonamides is 1. The van der Waals surface area contributed by atoms with E-state index in [0.717, 1.165) is 28.0 Å². The second-order valence-corrected chi connectivity index (χ2v) is 9.89. The number of aryl methyl sites for hydroxylation is 2. The number of aromatic nitrogens is 2. The van der Waals surface area contributed by atoms with Crippen LogP contribution in [0.3, 0.4) is 0 Å². The zero-order valence-electron chi connectivity index (χ0n) is 17.4. The van der Waals surface area contributed by atoms with E-state index in [4.69, 9.17) is 0 Å². The van der Waals surface area contributed by atoms with Gasteiger partial charge in [0.2, 0.25) is 5.01 Å². The van der Waals surface area contributed by atoms with Gasteiger partial charge in [-0.05, 0) is 62.4 Å². The van der Waals surface area contributed by atoms with Crippen LogP contribution in [0.4, 0.5) is 11.4 Å². The van der Waals surface area contributed by atoms with Gasteiger partial charge in [-0.1, -0.05) is 46.7 Å². The summed E-state index contributed by atoms with van der Waals surface area (Å²) in [5, 5.41) is 11.7. The molecule has 9 heteroatoms. The summed E-state index contributed by atoms with van der Waals surface area (Å²) < 4.78 is 27.6. The molecule has 1 heterocycles. The lowest BCUT2D eigenvalue weighted by Gasteiger charge is -2.08. The Morgan fingerprint density at radius 1 is 0.781 bits per heavy atom. The summed E-state index contributed by atoms with van der Waals surface area (Å²) in [6, 6.07) is 20.9. The van der Waals surface area contributed by atoms with Gasteiger partial charge in [-0.3, -0.25) is 9.52 Å². The second kappa shape index (κ2) is 8.89. The second-order valence-electron chi connectivity index (χ2n) is 7.23. The maximum Gasteiger partial charge on any atom is 0.286 e. The van der Waals surface area contributed by atoms with Gasteiger partial charge in [-0.25, -0.2) is 8.42 Å². The van der Waals surface area contributed by atoms with E-state index in [2.05, 4.69) is 20.2 Å². The lowest BCUT2D eigenvalue weighted by Crippen LogP contribution is -2.12. The predicted octanol–water partition coefficient (Wildman–Crippen LogP) is 4.88. The monoisotopic (exact) mass is 464 g/mol. The van der Waals surface area contributed by atoms with Crippen LogP contribution in [0.25, 0.3) is 10.6 Å². The normalized spacial score (nSPS) is 11.2. The molecule has 0 saturated carbocycles. The van der Waals surface area contributed by atoms with Gasteiger partial charge in [-0.15, -0.1) is 10.2 Å². The molecular formula is C23H20N4O3S2. The van der Waals surface area contributed by atoms with Crippen LogP contribution in [-0.2, 0) is 10.0 Å². The molecule has 1 amide bonds. The Hall–Kier alpha value is -3.56. The number of carbonyl (C=O) groups excluding carboxylic acids is 1. The van der Waals surface area contributed by atoms with Gasteiger partial charge in [0.1, 0.15) is 5.01 Å². The molecule has 7 nitrogen and oxygen atoms in total. The van der Waals surface area contributed by atoms with Crippen LogP contribution in [-0.4, -0.2) is 24.5 Å². The average molecular weight is 465 g/mol. The molecule has 0 atom stereocenters. The molecule has 0 bridgehead atoms. The smallest absolute Gasteiger partial charge is 0.286 e. The molecule has 162 valence electrons. The molecule has 0 unspecified atom stereocenters. The third-order valence-electron chi connectivity index (χ3n) is 4.64. The topological polar surface area (TPSA) is 101 Å². The third-order valence-corrected chi connectivity index (χ3v) is 7.01. The number of anilines is 2. The lowest BCUT2D eigenvalue weighted by molar-refractivity contribution is 0.102. The first-order chi connectivity index (χ1) is 15.3. The summed E-state index contributed by atoms with van der Waals surface area (Å²) in [4.78, 5) is 12.6. The molecule has 0 aliphatic carbocycles. The maximum absolute atomic E-state index is 12.5. The quantitative estimate of drug-likeness (QED) is 0.424. The Morgan fingerprint density at radius 3 is 1.97 bits per heavy atom. The molecule has 2 N–H and O–H groups in total. The highest BCUT2D eigenvalue weighted by molar-refractivity contribution is 7.92. The molecule has 0 aliphatic rings. The van der Waals surface area contributed by atoms with Crippen molar-refractivity contribution in [1.29, 1.82) is 0 Å². The minimum atomic E-state index is -3.68. The summed E-state index contributed by atoms with van der Waals surface area (Å²) in [7, 11) is -3.68. The molecular weight excluding hydrogens is 444 g/mol. The summed E-state index contributed by atoms with van der Waals surface area (Å²) in [6.45, 7) is 3.87. The molecule has 1 aromatic heterocycles. The van der Waals surface area contributed by atoms with Crippen LogP contribution >= 0.6 is 11.3 Å². The number of hydrogen-bond acceptors (Lipinski definition) is 6. The van der Waals surface area contributed by atoms with Gasteiger partial charge in [0.25, 0.3) is 15.9 Å². The Morgan fingerprint density at radius 2 is 1.34 bits per heavy atom. The standard InChI is InChI=1S/C23H20N4O3S2/c1-15-3-9-18(10-4-15)24-21(28)23-26-25-22(31-23)17-7-11-19(12-8-17)27-32(29,30)20-13-5-16(2)6-14-20/h3-14,27H,1-2H3,(H,24,28). The molecule has 0 spiro atoms. The van der Waals surface area contributed by atoms with Crippen molar-refractivity contribution >= 4 is 38.6 Å². The van der Waals surface area contributed by atoms with E-state index in [1.807, 2.05) is 38.1 Å². The Labute approximate surface area is 190 Å². The minimum Gasteiger partial charge on any atom is -0.320 e. The van der Waals surface area contributed by atoms with E-state index in [-0.39, 0.29) is 15.8 Å². The molecule has 0 fully saturated rings. The van der Waals surface area contributed by atoms with E-state index >= 15 is 0 Å². The lowest BCUT2D eigenvalue weighted by atomic mass is 10.2. The van der Waals surface area contributed by atoms with Crippen molar-refractivity contribution in [3.63, 3.8) is 0 Å². The first-order valence-electron chi connectivity index (χ1n) is 9.72. The minimum absolute atomic E-state index is 0.195. The number of amides is 1. The number of rotatable bonds is 6. The van der Waals surface area contributed by atoms with Crippen molar-refractivity contribution in [3.05, 3.63) is 88.9 Å². The van der Waals surface area contributed by atoms with Crippen LogP contribution in [0.5, 0.6) is 0 Å². The first-order valence-corrected chi connectivity index (χ1v) is 12.0. The number of nitrogens with one attached hydrogen (secondary N) is 2. The molecule has 0 saturated heterocycles. The van der Waals surface area contributed by atoms with Gasteiger partial charge < -0.3 is 5.32 Å². The first kappa shape index (κ1) is 21.7. The highest BCUT2D eigenvalue weighted by Gasteiger charge is 2.16. The Balaban J connectivity index is 1.45. The zero-order chi connectivity index (χ0) is 22.7. The van der Waals surface area contributed by atoms with Crippen LogP contribution in [0.2, 0.25) is 0 Å². The highest BCUT2D eigenvalue weighted by atomic mass is 32.2. The number of nitrogens with zero attached hydrogens (tertiary/aromatic N) is 2. The highest BCUT2D eigenvalue weighted by Crippen LogP contribution is 2.26. The van der Waals surface area contributed by atoms with Gasteiger partial charge in [0.05, 0.1) is 4.90 Å². The maximum atomic E-state index is 12.5. The fraction of sp³-hybridized carbons (Fsp3) is 0.0870. The molecule has 3 aromatic carbocycles. The molecule has 4 rings (SSSR count). The Kier molecular flexibility index (Phi) is 6.02.